The SMILES string of the molecule is CCCCC1CCC(OC(C)C)CC1. The third-order valence-corrected chi connectivity index (χ3v) is 3.22. The summed E-state index contributed by atoms with van der Waals surface area (Å²) in [7, 11) is 0. The second-order valence-corrected chi connectivity index (χ2v) is 4.97. The predicted octanol–water partition coefficient (Wildman–Crippen LogP) is 4.16. The Morgan fingerprint density at radius 2 is 1.79 bits per heavy atom. The van der Waals surface area contributed by atoms with Crippen molar-refractivity contribution in [3.05, 3.63) is 0 Å². The van der Waals surface area contributed by atoms with Crippen LogP contribution in [0.25, 0.3) is 0 Å². The molecule has 0 atom stereocenters. The summed E-state index contributed by atoms with van der Waals surface area (Å²) in [5, 5.41) is 0. The van der Waals surface area contributed by atoms with Gasteiger partial charge in [0.2, 0.25) is 0 Å². The average molecular weight is 198 g/mol. The molecule has 0 N–H and O–H groups in total. The molecule has 0 aromatic rings. The molecule has 1 nitrogen and oxygen atoms in total. The Kier molecular flexibility index (Phi) is 5.54. The summed E-state index contributed by atoms with van der Waals surface area (Å²) in [6.45, 7) is 6.57. The number of ether oxygens (including phenoxy) is 1. The first-order valence-corrected chi connectivity index (χ1v) is 6.37. The van der Waals surface area contributed by atoms with E-state index in [2.05, 4.69) is 20.8 Å². The second kappa shape index (κ2) is 6.44. The van der Waals surface area contributed by atoms with Crippen LogP contribution in [-0.2, 0) is 4.74 Å². The van der Waals surface area contributed by atoms with Crippen LogP contribution in [-0.4, -0.2) is 12.2 Å². The van der Waals surface area contributed by atoms with Crippen LogP contribution in [0.15, 0.2) is 0 Å². The van der Waals surface area contributed by atoms with Gasteiger partial charge < -0.3 is 4.74 Å². The highest BCUT2D eigenvalue weighted by atomic mass is 16.5. The summed E-state index contributed by atoms with van der Waals surface area (Å²) >= 11 is 0. The van der Waals surface area contributed by atoms with E-state index in [-0.39, 0.29) is 0 Å². The molecule has 1 rings (SSSR count). The summed E-state index contributed by atoms with van der Waals surface area (Å²) in [6, 6.07) is 0. The zero-order chi connectivity index (χ0) is 10.4. The normalized spacial score (nSPS) is 28.3. The zero-order valence-electron chi connectivity index (χ0n) is 10.1. The van der Waals surface area contributed by atoms with E-state index in [0.29, 0.717) is 12.2 Å². The molecule has 1 saturated carbocycles. The van der Waals surface area contributed by atoms with E-state index in [1.54, 1.807) is 0 Å². The molecule has 0 spiro atoms. The average Bonchev–Trinajstić information content (AvgIpc) is 2.16. The summed E-state index contributed by atoms with van der Waals surface area (Å²) < 4.78 is 5.84. The minimum Gasteiger partial charge on any atom is -0.376 e. The van der Waals surface area contributed by atoms with Crippen molar-refractivity contribution in [1.29, 1.82) is 0 Å². The van der Waals surface area contributed by atoms with Crippen LogP contribution in [0.4, 0.5) is 0 Å². The third-order valence-electron chi connectivity index (χ3n) is 3.22. The fourth-order valence-corrected chi connectivity index (χ4v) is 2.43. The molecule has 0 bridgehead atoms. The Hall–Kier alpha value is -0.0400. The van der Waals surface area contributed by atoms with E-state index < -0.39 is 0 Å². The van der Waals surface area contributed by atoms with E-state index in [1.165, 1.54) is 44.9 Å². The third kappa shape index (κ3) is 4.45. The van der Waals surface area contributed by atoms with Gasteiger partial charge in [0.05, 0.1) is 12.2 Å². The largest absolute Gasteiger partial charge is 0.376 e. The first-order valence-electron chi connectivity index (χ1n) is 6.37. The number of hydrogen-bond acceptors (Lipinski definition) is 1. The summed E-state index contributed by atoms with van der Waals surface area (Å²) in [6.07, 6.45) is 10.6. The molecule has 0 saturated heterocycles. The molecule has 0 aromatic carbocycles. The molecule has 0 amide bonds. The van der Waals surface area contributed by atoms with Crippen LogP contribution >= 0.6 is 0 Å². The molecule has 0 aromatic heterocycles. The van der Waals surface area contributed by atoms with Gasteiger partial charge in [0.15, 0.2) is 0 Å². The summed E-state index contributed by atoms with van der Waals surface area (Å²) in [5.41, 5.74) is 0. The van der Waals surface area contributed by atoms with E-state index in [9.17, 15) is 0 Å². The van der Waals surface area contributed by atoms with Crippen molar-refractivity contribution in [1.82, 2.24) is 0 Å². The van der Waals surface area contributed by atoms with E-state index >= 15 is 0 Å². The van der Waals surface area contributed by atoms with Crippen LogP contribution < -0.4 is 0 Å². The molecule has 0 radical (unpaired) electrons. The van der Waals surface area contributed by atoms with Gasteiger partial charge in [-0.1, -0.05) is 26.2 Å². The summed E-state index contributed by atoms with van der Waals surface area (Å²) in [4.78, 5) is 0. The van der Waals surface area contributed by atoms with Crippen molar-refractivity contribution in [2.45, 2.75) is 77.9 Å². The maximum absolute atomic E-state index is 5.84. The Bertz CT molecular complexity index is 134. The van der Waals surface area contributed by atoms with E-state index in [4.69, 9.17) is 4.74 Å². The van der Waals surface area contributed by atoms with Crippen molar-refractivity contribution in [2.75, 3.05) is 0 Å². The minimum atomic E-state index is 0.409. The number of unbranched alkanes of at least 4 members (excludes halogenated alkanes) is 1. The first-order chi connectivity index (χ1) is 6.72. The van der Waals surface area contributed by atoms with Crippen molar-refractivity contribution in [3.8, 4) is 0 Å². The molecule has 0 aliphatic heterocycles. The van der Waals surface area contributed by atoms with Crippen molar-refractivity contribution < 1.29 is 4.74 Å². The Labute approximate surface area is 89.2 Å². The standard InChI is InChI=1S/C13H26O/c1-4-5-6-12-7-9-13(10-8-12)14-11(2)3/h11-13H,4-10H2,1-3H3. The van der Waals surface area contributed by atoms with Gasteiger partial charge in [0, 0.05) is 0 Å². The maximum Gasteiger partial charge on any atom is 0.0578 e. The van der Waals surface area contributed by atoms with Gasteiger partial charge in [-0.25, -0.2) is 0 Å². The highest BCUT2D eigenvalue weighted by Gasteiger charge is 2.21. The van der Waals surface area contributed by atoms with Gasteiger partial charge in [0.1, 0.15) is 0 Å². The van der Waals surface area contributed by atoms with Crippen LogP contribution in [0.2, 0.25) is 0 Å². The smallest absolute Gasteiger partial charge is 0.0578 e. The van der Waals surface area contributed by atoms with Gasteiger partial charge in [-0.2, -0.15) is 0 Å². The van der Waals surface area contributed by atoms with Crippen molar-refractivity contribution >= 4 is 0 Å². The van der Waals surface area contributed by atoms with Crippen LogP contribution in [0.1, 0.15) is 65.7 Å². The Morgan fingerprint density at radius 1 is 1.14 bits per heavy atom. The fraction of sp³-hybridized carbons (Fsp3) is 1.00. The monoisotopic (exact) mass is 198 g/mol. The van der Waals surface area contributed by atoms with Gasteiger partial charge >= 0.3 is 0 Å². The molecule has 1 heteroatoms. The first kappa shape index (κ1) is 12.0. The second-order valence-electron chi connectivity index (χ2n) is 4.97. The van der Waals surface area contributed by atoms with Crippen molar-refractivity contribution in [3.63, 3.8) is 0 Å². The lowest BCUT2D eigenvalue weighted by Gasteiger charge is -2.29. The lowest BCUT2D eigenvalue weighted by Crippen LogP contribution is -2.24. The summed E-state index contributed by atoms with van der Waals surface area (Å²) in [5.74, 6) is 1.00. The van der Waals surface area contributed by atoms with Crippen molar-refractivity contribution in [2.24, 2.45) is 5.92 Å². The maximum atomic E-state index is 5.84. The van der Waals surface area contributed by atoms with E-state index in [0.717, 1.165) is 5.92 Å². The fourth-order valence-electron chi connectivity index (χ4n) is 2.43. The molecule has 84 valence electrons. The quantitative estimate of drug-likeness (QED) is 0.644. The molecule has 1 fully saturated rings. The molecule has 14 heavy (non-hydrogen) atoms. The zero-order valence-corrected chi connectivity index (χ0v) is 10.1. The van der Waals surface area contributed by atoms with Gasteiger partial charge in [0.25, 0.3) is 0 Å². The molecule has 1 aliphatic carbocycles. The molecular weight excluding hydrogens is 172 g/mol. The predicted molar refractivity (Wildman–Crippen MR) is 61.5 cm³/mol. The molecular formula is C13H26O. The molecule has 0 unspecified atom stereocenters. The Morgan fingerprint density at radius 3 is 2.29 bits per heavy atom. The highest BCUT2D eigenvalue weighted by Crippen LogP contribution is 2.30. The lowest BCUT2D eigenvalue weighted by molar-refractivity contribution is -0.0203. The molecule has 0 heterocycles. The van der Waals surface area contributed by atoms with Gasteiger partial charge in [-0.15, -0.1) is 0 Å². The number of rotatable bonds is 5. The van der Waals surface area contributed by atoms with Crippen LogP contribution in [0.5, 0.6) is 0 Å². The van der Waals surface area contributed by atoms with Gasteiger partial charge in [-0.3, -0.25) is 0 Å². The van der Waals surface area contributed by atoms with Crippen LogP contribution in [0.3, 0.4) is 0 Å². The number of hydrogen-bond donors (Lipinski definition) is 0. The molecule has 1 aliphatic rings. The van der Waals surface area contributed by atoms with E-state index in [1.807, 2.05) is 0 Å². The lowest BCUT2D eigenvalue weighted by atomic mass is 9.84. The highest BCUT2D eigenvalue weighted by molar-refractivity contribution is 4.73. The van der Waals surface area contributed by atoms with Crippen LogP contribution in [0, 0.1) is 5.92 Å². The minimum absolute atomic E-state index is 0.409. The Balaban J connectivity index is 2.11. The van der Waals surface area contributed by atoms with Gasteiger partial charge in [-0.05, 0) is 45.4 Å². The topological polar surface area (TPSA) is 9.23 Å².